The third-order valence-corrected chi connectivity index (χ3v) is 3.25. The molecule has 1 aromatic rings. The van der Waals surface area contributed by atoms with Crippen molar-refractivity contribution in [2.75, 3.05) is 13.2 Å². The number of hydrogen-bond donors (Lipinski definition) is 3. The van der Waals surface area contributed by atoms with Gasteiger partial charge >= 0.3 is 5.69 Å². The first-order valence-corrected chi connectivity index (χ1v) is 5.72. The topological polar surface area (TPSA) is 105 Å². The van der Waals surface area contributed by atoms with Gasteiger partial charge < -0.3 is 14.9 Å². The van der Waals surface area contributed by atoms with Crippen molar-refractivity contribution in [1.29, 1.82) is 0 Å². The molecule has 2 atom stereocenters. The number of aromatic nitrogens is 2. The minimum absolute atomic E-state index is 0.0621. The van der Waals surface area contributed by atoms with E-state index in [0.29, 0.717) is 6.42 Å². The molecule has 2 heterocycles. The van der Waals surface area contributed by atoms with Crippen LogP contribution in [0, 0.1) is 5.92 Å². The molecule has 2 rings (SSSR count). The number of aromatic amines is 1. The molecule has 0 saturated carbocycles. The van der Waals surface area contributed by atoms with Gasteiger partial charge in [-0.15, -0.1) is 0 Å². The van der Waals surface area contributed by atoms with Gasteiger partial charge in [-0.1, -0.05) is 6.92 Å². The number of nitrogens with zero attached hydrogens (tertiary/aromatic N) is 1. The van der Waals surface area contributed by atoms with E-state index >= 15 is 0 Å². The van der Waals surface area contributed by atoms with E-state index in [9.17, 15) is 19.8 Å². The highest BCUT2D eigenvalue weighted by atomic mass is 16.6. The lowest BCUT2D eigenvalue weighted by Crippen LogP contribution is -2.39. The Hall–Kier alpha value is -1.44. The predicted molar refractivity (Wildman–Crippen MR) is 62.1 cm³/mol. The van der Waals surface area contributed by atoms with Crippen molar-refractivity contribution in [3.63, 3.8) is 0 Å². The van der Waals surface area contributed by atoms with Crippen LogP contribution in [-0.4, -0.2) is 38.6 Å². The molecule has 7 nitrogen and oxygen atoms in total. The summed E-state index contributed by atoms with van der Waals surface area (Å²) < 4.78 is 6.87. The van der Waals surface area contributed by atoms with Crippen LogP contribution in [0.5, 0.6) is 0 Å². The maximum atomic E-state index is 11.7. The van der Waals surface area contributed by atoms with Crippen molar-refractivity contribution in [3.05, 3.63) is 33.1 Å². The molecule has 0 spiro atoms. The zero-order valence-electron chi connectivity index (χ0n) is 10.00. The second-order valence-corrected chi connectivity index (χ2v) is 4.71. The quantitative estimate of drug-likeness (QED) is 0.631. The SMILES string of the molecule is C[C@H]1CC(CO)(CO)OC1n1ccc(=O)[nH]c1=O. The van der Waals surface area contributed by atoms with Crippen LogP contribution in [0.1, 0.15) is 19.6 Å². The first-order valence-electron chi connectivity index (χ1n) is 5.72. The molecule has 18 heavy (non-hydrogen) atoms. The first-order chi connectivity index (χ1) is 8.51. The van der Waals surface area contributed by atoms with Gasteiger partial charge in [-0.25, -0.2) is 4.79 Å². The second-order valence-electron chi connectivity index (χ2n) is 4.71. The Labute approximate surface area is 103 Å². The minimum Gasteiger partial charge on any atom is -0.393 e. The van der Waals surface area contributed by atoms with Crippen LogP contribution in [0.2, 0.25) is 0 Å². The van der Waals surface area contributed by atoms with E-state index in [1.165, 1.54) is 16.8 Å². The molecular weight excluding hydrogens is 240 g/mol. The van der Waals surface area contributed by atoms with Crippen LogP contribution in [0.3, 0.4) is 0 Å². The number of hydrogen-bond acceptors (Lipinski definition) is 5. The number of ether oxygens (including phenoxy) is 1. The summed E-state index contributed by atoms with van der Waals surface area (Å²) in [5.74, 6) is -0.0621. The number of rotatable bonds is 3. The number of H-pyrrole nitrogens is 1. The summed E-state index contributed by atoms with van der Waals surface area (Å²) in [5, 5.41) is 18.6. The summed E-state index contributed by atoms with van der Waals surface area (Å²) in [6.07, 6.45) is 1.19. The molecule has 1 fully saturated rings. The lowest BCUT2D eigenvalue weighted by molar-refractivity contribution is -0.125. The van der Waals surface area contributed by atoms with E-state index in [1.54, 1.807) is 0 Å². The van der Waals surface area contributed by atoms with Crippen molar-refractivity contribution < 1.29 is 14.9 Å². The smallest absolute Gasteiger partial charge is 0.330 e. The summed E-state index contributed by atoms with van der Waals surface area (Å²) in [7, 11) is 0. The van der Waals surface area contributed by atoms with Crippen molar-refractivity contribution in [1.82, 2.24) is 9.55 Å². The molecule has 0 radical (unpaired) electrons. The highest BCUT2D eigenvalue weighted by Gasteiger charge is 2.45. The van der Waals surface area contributed by atoms with Crippen LogP contribution in [-0.2, 0) is 4.74 Å². The van der Waals surface area contributed by atoms with Gasteiger partial charge in [0.15, 0.2) is 0 Å². The molecule has 1 unspecified atom stereocenters. The molecular formula is C11H16N2O5. The van der Waals surface area contributed by atoms with E-state index in [1.807, 2.05) is 6.92 Å². The third-order valence-electron chi connectivity index (χ3n) is 3.25. The average molecular weight is 256 g/mol. The highest BCUT2D eigenvalue weighted by Crippen LogP contribution is 2.39. The minimum atomic E-state index is -1.03. The Morgan fingerprint density at radius 2 is 2.17 bits per heavy atom. The van der Waals surface area contributed by atoms with Crippen LogP contribution in [0.25, 0.3) is 0 Å². The van der Waals surface area contributed by atoms with Gasteiger partial charge in [-0.2, -0.15) is 0 Å². The van der Waals surface area contributed by atoms with Gasteiger partial charge in [0, 0.05) is 18.2 Å². The summed E-state index contributed by atoms with van der Waals surface area (Å²) in [5.41, 5.74) is -2.07. The van der Waals surface area contributed by atoms with Crippen LogP contribution in [0.4, 0.5) is 0 Å². The maximum absolute atomic E-state index is 11.7. The van der Waals surface area contributed by atoms with Crippen LogP contribution >= 0.6 is 0 Å². The summed E-state index contributed by atoms with van der Waals surface area (Å²) in [4.78, 5) is 24.8. The monoisotopic (exact) mass is 256 g/mol. The third kappa shape index (κ3) is 2.12. The highest BCUT2D eigenvalue weighted by molar-refractivity contribution is 4.93. The lowest BCUT2D eigenvalue weighted by Gasteiger charge is -2.24. The van der Waals surface area contributed by atoms with E-state index in [4.69, 9.17) is 4.74 Å². The molecule has 100 valence electrons. The number of aliphatic hydroxyl groups excluding tert-OH is 2. The van der Waals surface area contributed by atoms with E-state index < -0.39 is 23.1 Å². The van der Waals surface area contributed by atoms with Gasteiger partial charge in [-0.05, 0) is 6.42 Å². The average Bonchev–Trinajstić information content (AvgIpc) is 2.67. The molecule has 1 aromatic heterocycles. The fourth-order valence-corrected chi connectivity index (χ4v) is 2.32. The molecule has 7 heteroatoms. The molecule has 0 aromatic carbocycles. The first kappa shape index (κ1) is 13.0. The van der Waals surface area contributed by atoms with Gasteiger partial charge in [-0.3, -0.25) is 14.3 Å². The molecule has 0 bridgehead atoms. The van der Waals surface area contributed by atoms with Gasteiger partial charge in [0.2, 0.25) is 0 Å². The van der Waals surface area contributed by atoms with Crippen molar-refractivity contribution in [3.8, 4) is 0 Å². The summed E-state index contributed by atoms with van der Waals surface area (Å²) >= 11 is 0. The van der Waals surface area contributed by atoms with Crippen molar-refractivity contribution in [2.45, 2.75) is 25.2 Å². The standard InChI is InChI=1S/C11H16N2O5/c1-7-4-11(5-14,6-15)18-9(7)13-3-2-8(16)12-10(13)17/h2-3,7,9,14-15H,4-6H2,1H3,(H,12,16,17)/t7-,9?/m0/s1. The van der Waals surface area contributed by atoms with E-state index in [-0.39, 0.29) is 19.1 Å². The second kappa shape index (κ2) is 4.68. The molecule has 1 aliphatic rings. The fourth-order valence-electron chi connectivity index (χ4n) is 2.32. The number of nitrogens with one attached hydrogen (secondary N) is 1. The predicted octanol–water partition coefficient (Wildman–Crippen LogP) is -1.19. The largest absolute Gasteiger partial charge is 0.393 e. The lowest BCUT2D eigenvalue weighted by atomic mass is 9.96. The Morgan fingerprint density at radius 3 is 2.67 bits per heavy atom. The Bertz CT molecular complexity index is 531. The zero-order valence-corrected chi connectivity index (χ0v) is 10.00. The van der Waals surface area contributed by atoms with E-state index in [2.05, 4.69) is 4.98 Å². The molecule has 0 aliphatic carbocycles. The molecule has 0 amide bonds. The van der Waals surface area contributed by atoms with Gasteiger partial charge in [0.05, 0.1) is 13.2 Å². The molecule has 1 saturated heterocycles. The van der Waals surface area contributed by atoms with Gasteiger partial charge in [0.1, 0.15) is 11.8 Å². The van der Waals surface area contributed by atoms with Crippen molar-refractivity contribution >= 4 is 0 Å². The van der Waals surface area contributed by atoms with Gasteiger partial charge in [0.25, 0.3) is 5.56 Å². The Kier molecular flexibility index (Phi) is 3.38. The Balaban J connectivity index is 2.35. The maximum Gasteiger partial charge on any atom is 0.330 e. The fraction of sp³-hybridized carbons (Fsp3) is 0.636. The van der Waals surface area contributed by atoms with Crippen LogP contribution < -0.4 is 11.2 Å². The summed E-state index contributed by atoms with van der Waals surface area (Å²) in [6, 6.07) is 1.23. The van der Waals surface area contributed by atoms with E-state index in [0.717, 1.165) is 0 Å². The van der Waals surface area contributed by atoms with Crippen molar-refractivity contribution in [2.24, 2.45) is 5.92 Å². The molecule has 1 aliphatic heterocycles. The summed E-state index contributed by atoms with van der Waals surface area (Å²) in [6.45, 7) is 1.22. The Morgan fingerprint density at radius 1 is 1.50 bits per heavy atom. The molecule has 3 N–H and O–H groups in total. The van der Waals surface area contributed by atoms with Crippen LogP contribution in [0.15, 0.2) is 21.9 Å². The normalized spacial score (nSPS) is 26.4. The zero-order chi connectivity index (χ0) is 13.3. The number of aliphatic hydroxyl groups is 2.